The molecule has 74 heavy (non-hydrogen) atoms. The number of ether oxygens (including phenoxy) is 5. The molecule has 2 amide bonds. The number of benzene rings is 1. The molecule has 1 aliphatic heterocycles. The van der Waals surface area contributed by atoms with Crippen molar-refractivity contribution in [1.29, 1.82) is 0 Å². The normalized spacial score (nSPS) is 21.1. The van der Waals surface area contributed by atoms with Crippen LogP contribution >= 0.6 is 46.9 Å². The molecule has 1 aromatic carbocycles. The van der Waals surface area contributed by atoms with Crippen LogP contribution in [0, 0.1) is 11.8 Å². The van der Waals surface area contributed by atoms with Gasteiger partial charge in [-0.1, -0.05) is 36.8 Å². The second-order valence-electron chi connectivity index (χ2n) is 15.1. The van der Waals surface area contributed by atoms with Crippen molar-refractivity contribution in [3.05, 3.63) is 35.4 Å². The molecule has 5 N–H and O–H groups in total. The Morgan fingerprint density at radius 3 is 1.69 bits per heavy atom. The first-order valence-corrected chi connectivity index (χ1v) is 31.0. The summed E-state index contributed by atoms with van der Waals surface area (Å²) in [4.78, 5) is 95.7. The summed E-state index contributed by atoms with van der Waals surface area (Å²) in [7, 11) is -30.1. The van der Waals surface area contributed by atoms with Crippen LogP contribution in [0.2, 0.25) is 0 Å². The predicted octanol–water partition coefficient (Wildman–Crippen LogP) is -2.79. The average Bonchev–Trinajstić information content (AvgIpc) is 3.61. The van der Waals surface area contributed by atoms with Gasteiger partial charge in [0.15, 0.2) is 0 Å². The maximum Gasteiger partial charge on any atom is 0.280 e. The largest absolute Gasteiger partial charge is 0.756 e. The molecule has 31 nitrogen and oxygen atoms in total. The first-order valence-electron chi connectivity index (χ1n) is 22.2. The van der Waals surface area contributed by atoms with Crippen LogP contribution in [0.3, 0.4) is 0 Å². The lowest BCUT2D eigenvalue weighted by molar-refractivity contribution is -0.256. The Morgan fingerprint density at radius 1 is 0.676 bits per heavy atom. The second-order valence-corrected chi connectivity index (χ2v) is 24.2. The highest BCUT2D eigenvalue weighted by Gasteiger charge is 2.35. The van der Waals surface area contributed by atoms with Crippen LogP contribution < -0.4 is 50.6 Å². The standard InChI is InChI=1S/C36H65BN4O27P6/c1-38-14-7-8-29-9-11-30(12-10-29)26-31(39-2)36(44)41-16-19-58-21-23-60-25-24-59-22-20-57-18-13-35(43)40-15-5-3-4-6-17-61-69(45,46)64-71(49,50)66-73(53,54)68-74(55,56)67-72(51,52)65-70(47,48)62-28-33-32(42)27-34(37)63-33/h9-12,31-34,38-39,42H,3-6,13-28H2,1-2H3,(H,40,43)(H,41,44)(H,45,46)(H,47,48)(H,49,50)(H,51,52)(H,53,54)(H,55,56)/p-6/t31?,32-,33+,34+/m1/s1. The second kappa shape index (κ2) is 35.0. The van der Waals surface area contributed by atoms with Gasteiger partial charge in [-0.15, -0.1) is 0 Å². The van der Waals surface area contributed by atoms with Gasteiger partial charge in [-0.3, -0.25) is 37.0 Å². The number of phosphoric acid groups is 6. The zero-order valence-corrected chi connectivity index (χ0v) is 45.4. The van der Waals surface area contributed by atoms with E-state index in [0.29, 0.717) is 65.4 Å². The molecular weight excluding hydrogens is 1120 g/mol. The molecule has 424 valence electrons. The fraction of sp³-hybridized carbons (Fsp3) is 0.722. The number of likely N-dealkylation sites (N-methyl/N-ethyl adjacent to an activating group) is 1. The highest BCUT2D eigenvalue weighted by molar-refractivity contribution is 7.71. The molecule has 0 saturated carbocycles. The van der Waals surface area contributed by atoms with Crippen molar-refractivity contribution in [2.45, 2.75) is 69.2 Å². The topological polar surface area (TPSA) is 454 Å². The van der Waals surface area contributed by atoms with E-state index >= 15 is 0 Å². The molecule has 1 aromatic rings. The molecule has 7 unspecified atom stereocenters. The number of carbonyl (C=O) groups is 2. The Labute approximate surface area is 428 Å². The Bertz CT molecular complexity index is 2210. The lowest BCUT2D eigenvalue weighted by Gasteiger charge is -2.38. The third-order valence-electron chi connectivity index (χ3n) is 8.98. The lowest BCUT2D eigenvalue weighted by Crippen LogP contribution is -2.45. The van der Waals surface area contributed by atoms with Crippen molar-refractivity contribution in [2.75, 3.05) is 99.8 Å². The van der Waals surface area contributed by atoms with Crippen LogP contribution in [0.5, 0.6) is 0 Å². The summed E-state index contributed by atoms with van der Waals surface area (Å²) in [5, 5.41) is 21.2. The van der Waals surface area contributed by atoms with Crippen LogP contribution in [0.1, 0.15) is 49.7 Å². The molecule has 2 rings (SSSR count). The molecule has 2 radical (unpaired) electrons. The average molecular weight is 1180 g/mol. The summed E-state index contributed by atoms with van der Waals surface area (Å²) >= 11 is 0. The first kappa shape index (κ1) is 68.4. The van der Waals surface area contributed by atoms with Gasteiger partial charge >= 0.3 is 0 Å². The summed E-state index contributed by atoms with van der Waals surface area (Å²) in [6.07, 6.45) is -1.23. The van der Waals surface area contributed by atoms with Gasteiger partial charge < -0.3 is 88.5 Å². The lowest BCUT2D eigenvalue weighted by atomic mass is 9.96. The van der Waals surface area contributed by atoms with Gasteiger partial charge in [0.05, 0.1) is 84.8 Å². The molecule has 1 heterocycles. The van der Waals surface area contributed by atoms with Crippen molar-refractivity contribution in [1.82, 2.24) is 21.3 Å². The highest BCUT2D eigenvalue weighted by atomic mass is 31.3. The number of phosphoric ester groups is 2. The molecule has 0 aliphatic carbocycles. The Morgan fingerprint density at radius 2 is 1.18 bits per heavy atom. The number of amides is 2. The Hall–Kier alpha value is -1.68. The summed E-state index contributed by atoms with van der Waals surface area (Å²) in [6.45, 7) is 1.60. The zero-order chi connectivity index (χ0) is 55.3. The minimum atomic E-state index is -6.87. The maximum absolute atomic E-state index is 12.6. The molecule has 0 aromatic heterocycles. The number of rotatable bonds is 41. The summed E-state index contributed by atoms with van der Waals surface area (Å²) in [6, 6.07) is 6.30. The number of nitrogens with one attached hydrogen (secondary N) is 4. The van der Waals surface area contributed by atoms with Crippen LogP contribution in [-0.2, 0) is 97.7 Å². The van der Waals surface area contributed by atoms with Crippen LogP contribution in [-0.4, -0.2) is 149 Å². The number of carbonyl (C=O) groups excluding carboxylic acids is 2. The van der Waals surface area contributed by atoms with E-state index in [2.05, 4.69) is 63.7 Å². The van der Waals surface area contributed by atoms with Crippen LogP contribution in [0.25, 0.3) is 0 Å². The van der Waals surface area contributed by atoms with E-state index in [0.717, 1.165) is 11.1 Å². The molecule has 38 heteroatoms. The maximum atomic E-state index is 12.6. The third-order valence-corrected chi connectivity index (χ3v) is 17.9. The van der Waals surface area contributed by atoms with Gasteiger partial charge in [-0.2, -0.15) is 0 Å². The van der Waals surface area contributed by atoms with Crippen molar-refractivity contribution >= 4 is 66.6 Å². The molecule has 1 aliphatic rings. The van der Waals surface area contributed by atoms with E-state index in [-0.39, 0.29) is 63.9 Å². The van der Waals surface area contributed by atoms with E-state index in [1.165, 1.54) is 0 Å². The van der Waals surface area contributed by atoms with Crippen molar-refractivity contribution in [3.63, 3.8) is 0 Å². The number of hydrogen-bond donors (Lipinski definition) is 5. The van der Waals surface area contributed by atoms with Crippen molar-refractivity contribution in [3.8, 4) is 11.8 Å². The zero-order valence-electron chi connectivity index (χ0n) is 40.1. The van der Waals surface area contributed by atoms with E-state index in [4.69, 9.17) is 31.5 Å². The van der Waals surface area contributed by atoms with E-state index < -0.39 is 84.4 Å². The highest BCUT2D eigenvalue weighted by Crippen LogP contribution is 2.70. The van der Waals surface area contributed by atoms with Gasteiger partial charge in [-0.05, 0) is 57.5 Å². The van der Waals surface area contributed by atoms with Gasteiger partial charge in [0.1, 0.15) is 14.0 Å². The Kier molecular flexibility index (Phi) is 32.4. The SMILES string of the molecule is [B][C@@H]1C[C@@H](O)[C@H](COP(=O)([O-])OP(=O)([O-])OP(=O)([O-])OP(=O)([O-])OP(=O)([O-])OP(=O)([O-])OCCCCCCNC(=O)CCOCCOCCOCCOCCNC(=O)C(Cc2ccc(C#CCNC)cc2)NC)O1. The number of aliphatic hydroxyl groups is 1. The number of unbranched alkanes of at least 4 members (excludes halogenated alkanes) is 3. The minimum absolute atomic E-state index is 0.0275. The fourth-order valence-corrected chi connectivity index (χ4v) is 13.2. The molecule has 0 bridgehead atoms. The Balaban J connectivity index is 1.46. The summed E-state index contributed by atoms with van der Waals surface area (Å²) in [5.74, 6) is 5.62. The summed E-state index contributed by atoms with van der Waals surface area (Å²) in [5.41, 5.74) is 1.90. The molecule has 10 atom stereocenters. The van der Waals surface area contributed by atoms with Gasteiger partial charge in [0.25, 0.3) is 46.9 Å². The predicted molar refractivity (Wildman–Crippen MR) is 244 cm³/mol. The monoisotopic (exact) mass is 1180 g/mol. The molecule has 1 saturated heterocycles. The van der Waals surface area contributed by atoms with Gasteiger partial charge in [0.2, 0.25) is 11.8 Å². The molecular formula is C36H59BN4O27P6-6. The van der Waals surface area contributed by atoms with E-state index in [1.54, 1.807) is 7.05 Å². The van der Waals surface area contributed by atoms with Gasteiger partial charge in [0, 0.05) is 31.1 Å². The smallest absolute Gasteiger partial charge is 0.280 e. The fourth-order valence-electron chi connectivity index (χ4n) is 5.68. The molecule has 1 fully saturated rings. The van der Waals surface area contributed by atoms with Crippen molar-refractivity contribution < 1.29 is 126 Å². The van der Waals surface area contributed by atoms with E-state index in [1.807, 2.05) is 31.3 Å². The minimum Gasteiger partial charge on any atom is -0.756 e. The summed E-state index contributed by atoms with van der Waals surface area (Å²) < 4.78 is 123. The number of aliphatic hydroxyl groups excluding tert-OH is 1. The molecule has 0 spiro atoms. The van der Waals surface area contributed by atoms with Crippen molar-refractivity contribution in [2.24, 2.45) is 0 Å². The number of hydrogen-bond acceptors (Lipinski definition) is 29. The first-order chi connectivity index (χ1) is 34.7. The quantitative estimate of drug-likeness (QED) is 0.0191. The van der Waals surface area contributed by atoms with Crippen LogP contribution in [0.4, 0.5) is 0 Å². The third kappa shape index (κ3) is 32.9. The van der Waals surface area contributed by atoms with Gasteiger partial charge in [-0.25, -0.2) is 21.6 Å². The van der Waals surface area contributed by atoms with Crippen LogP contribution in [0.15, 0.2) is 24.3 Å². The van der Waals surface area contributed by atoms with E-state index in [9.17, 15) is 71.4 Å².